The maximum Gasteiger partial charge on any atom is 0.324 e. The van der Waals surface area contributed by atoms with E-state index in [0.29, 0.717) is 22.3 Å². The van der Waals surface area contributed by atoms with Crippen molar-refractivity contribution in [1.29, 1.82) is 0 Å². The topological polar surface area (TPSA) is 69.0 Å². The fraction of sp³-hybridized carbons (Fsp3) is 0.250. The Kier molecular flexibility index (Phi) is 5.46. The standard InChI is InChI=1S/C20H21ClN4O2/c1-12(2)22-17-10-16(14-8-9-18(26)25(4)11-14)23-20(24-17)27-19-13(3)6-5-7-15(19)21/h5-12H,1-4H3,(H,22,23,24). The van der Waals surface area contributed by atoms with E-state index in [4.69, 9.17) is 16.3 Å². The van der Waals surface area contributed by atoms with Crippen molar-refractivity contribution < 1.29 is 4.74 Å². The third kappa shape index (κ3) is 4.46. The maximum absolute atomic E-state index is 11.7. The number of para-hydroxylation sites is 1. The second kappa shape index (κ2) is 7.80. The fourth-order valence-corrected chi connectivity index (χ4v) is 2.83. The van der Waals surface area contributed by atoms with Gasteiger partial charge in [-0.3, -0.25) is 4.79 Å². The van der Waals surface area contributed by atoms with Crippen molar-refractivity contribution in [2.75, 3.05) is 5.32 Å². The molecule has 0 unspecified atom stereocenters. The monoisotopic (exact) mass is 384 g/mol. The number of nitrogens with zero attached hydrogens (tertiary/aromatic N) is 3. The Hall–Kier alpha value is -2.86. The number of rotatable bonds is 5. The van der Waals surface area contributed by atoms with Crippen molar-refractivity contribution in [2.45, 2.75) is 26.8 Å². The number of hydrogen-bond donors (Lipinski definition) is 1. The molecule has 0 saturated carbocycles. The molecule has 1 aromatic carbocycles. The van der Waals surface area contributed by atoms with E-state index in [1.54, 1.807) is 25.4 Å². The van der Waals surface area contributed by atoms with E-state index in [2.05, 4.69) is 15.3 Å². The first kappa shape index (κ1) is 18.9. The van der Waals surface area contributed by atoms with Gasteiger partial charge in [-0.2, -0.15) is 9.97 Å². The Bertz CT molecular complexity index is 1010. The summed E-state index contributed by atoms with van der Waals surface area (Å²) in [6.45, 7) is 5.95. The molecule has 0 aliphatic rings. The van der Waals surface area contributed by atoms with Gasteiger partial charge in [-0.05, 0) is 38.5 Å². The quantitative estimate of drug-likeness (QED) is 0.705. The Balaban J connectivity index is 2.07. The van der Waals surface area contributed by atoms with Crippen molar-refractivity contribution in [3.63, 3.8) is 0 Å². The van der Waals surface area contributed by atoms with Crippen molar-refractivity contribution in [3.05, 3.63) is 63.5 Å². The Labute approximate surface area is 162 Å². The van der Waals surface area contributed by atoms with E-state index in [9.17, 15) is 4.79 Å². The van der Waals surface area contributed by atoms with Crippen LogP contribution in [0.15, 0.2) is 47.4 Å². The predicted molar refractivity (Wildman–Crippen MR) is 108 cm³/mol. The molecule has 0 bridgehead atoms. The van der Waals surface area contributed by atoms with Gasteiger partial charge >= 0.3 is 6.01 Å². The van der Waals surface area contributed by atoms with Gasteiger partial charge in [-0.25, -0.2) is 0 Å². The second-order valence-corrected chi connectivity index (χ2v) is 6.98. The van der Waals surface area contributed by atoms with E-state index >= 15 is 0 Å². The highest BCUT2D eigenvalue weighted by atomic mass is 35.5. The highest BCUT2D eigenvalue weighted by Crippen LogP contribution is 2.32. The number of nitrogens with one attached hydrogen (secondary N) is 1. The van der Waals surface area contributed by atoms with Gasteiger partial charge in [0.1, 0.15) is 5.82 Å². The summed E-state index contributed by atoms with van der Waals surface area (Å²) in [7, 11) is 1.70. The predicted octanol–water partition coefficient (Wildman–Crippen LogP) is 4.42. The molecule has 2 aromatic heterocycles. The van der Waals surface area contributed by atoms with Gasteiger partial charge in [-0.1, -0.05) is 23.7 Å². The molecule has 3 aromatic rings. The van der Waals surface area contributed by atoms with E-state index in [1.165, 1.54) is 10.6 Å². The Morgan fingerprint density at radius 2 is 1.96 bits per heavy atom. The van der Waals surface area contributed by atoms with Crippen LogP contribution in [0.1, 0.15) is 19.4 Å². The molecular formula is C20H21ClN4O2. The molecule has 0 atom stereocenters. The summed E-state index contributed by atoms with van der Waals surface area (Å²) in [4.78, 5) is 20.6. The van der Waals surface area contributed by atoms with E-state index in [0.717, 1.165) is 11.1 Å². The van der Waals surface area contributed by atoms with Crippen LogP contribution in [0.25, 0.3) is 11.3 Å². The molecule has 7 heteroatoms. The zero-order chi connectivity index (χ0) is 19.6. The van der Waals surface area contributed by atoms with Crippen LogP contribution < -0.4 is 15.6 Å². The first-order valence-corrected chi connectivity index (χ1v) is 8.97. The van der Waals surface area contributed by atoms with Crippen LogP contribution in [0, 0.1) is 6.92 Å². The molecule has 6 nitrogen and oxygen atoms in total. The number of ether oxygens (including phenoxy) is 1. The van der Waals surface area contributed by atoms with Gasteiger partial charge < -0.3 is 14.6 Å². The number of pyridine rings is 1. The lowest BCUT2D eigenvalue weighted by Gasteiger charge is -2.14. The average Bonchev–Trinajstić information content (AvgIpc) is 2.60. The zero-order valence-corrected chi connectivity index (χ0v) is 16.4. The van der Waals surface area contributed by atoms with Crippen molar-refractivity contribution >= 4 is 17.4 Å². The first-order valence-electron chi connectivity index (χ1n) is 8.59. The minimum absolute atomic E-state index is 0.0866. The zero-order valence-electron chi connectivity index (χ0n) is 15.7. The largest absolute Gasteiger partial charge is 0.422 e. The minimum Gasteiger partial charge on any atom is -0.422 e. The molecule has 3 rings (SSSR count). The van der Waals surface area contributed by atoms with Gasteiger partial charge in [0, 0.05) is 37.0 Å². The summed E-state index contributed by atoms with van der Waals surface area (Å²) >= 11 is 6.26. The van der Waals surface area contributed by atoms with E-state index in [-0.39, 0.29) is 17.6 Å². The van der Waals surface area contributed by atoms with E-state index < -0.39 is 0 Å². The molecule has 1 N–H and O–H groups in total. The summed E-state index contributed by atoms with van der Waals surface area (Å²) < 4.78 is 7.42. The summed E-state index contributed by atoms with van der Waals surface area (Å²) in [6.07, 6.45) is 1.73. The van der Waals surface area contributed by atoms with Crippen LogP contribution >= 0.6 is 11.6 Å². The second-order valence-electron chi connectivity index (χ2n) is 6.57. The smallest absolute Gasteiger partial charge is 0.324 e. The van der Waals surface area contributed by atoms with Crippen LogP contribution in [-0.4, -0.2) is 20.6 Å². The molecule has 0 radical (unpaired) electrons. The molecule has 2 heterocycles. The van der Waals surface area contributed by atoms with E-state index in [1.807, 2.05) is 39.0 Å². The average molecular weight is 385 g/mol. The van der Waals surface area contributed by atoms with Crippen LogP contribution in [0.5, 0.6) is 11.8 Å². The number of aromatic nitrogens is 3. The van der Waals surface area contributed by atoms with Crippen molar-refractivity contribution in [3.8, 4) is 23.0 Å². The van der Waals surface area contributed by atoms with Gasteiger partial charge in [0.05, 0.1) is 10.7 Å². The van der Waals surface area contributed by atoms with Gasteiger partial charge in [0.25, 0.3) is 0 Å². The summed E-state index contributed by atoms with van der Waals surface area (Å²) in [6, 6.07) is 11.0. The fourth-order valence-electron chi connectivity index (χ4n) is 2.57. The van der Waals surface area contributed by atoms with Crippen LogP contribution in [0.2, 0.25) is 5.02 Å². The summed E-state index contributed by atoms with van der Waals surface area (Å²) in [5.41, 5.74) is 2.23. The highest BCUT2D eigenvalue weighted by Gasteiger charge is 2.13. The molecule has 0 amide bonds. The van der Waals surface area contributed by atoms with Crippen molar-refractivity contribution in [2.24, 2.45) is 7.05 Å². The van der Waals surface area contributed by atoms with Gasteiger partial charge in [0.15, 0.2) is 5.75 Å². The number of aryl methyl sites for hydroxylation is 2. The molecule has 0 saturated heterocycles. The lowest BCUT2D eigenvalue weighted by atomic mass is 10.2. The number of halogens is 1. The highest BCUT2D eigenvalue weighted by molar-refractivity contribution is 6.32. The Morgan fingerprint density at radius 1 is 1.19 bits per heavy atom. The third-order valence-corrected chi connectivity index (χ3v) is 4.18. The molecule has 140 valence electrons. The van der Waals surface area contributed by atoms with Crippen LogP contribution in [-0.2, 0) is 7.05 Å². The number of hydrogen-bond acceptors (Lipinski definition) is 5. The number of benzene rings is 1. The third-order valence-electron chi connectivity index (χ3n) is 3.88. The number of anilines is 1. The first-order chi connectivity index (χ1) is 12.8. The maximum atomic E-state index is 11.7. The van der Waals surface area contributed by atoms with Gasteiger partial charge in [0.2, 0.25) is 5.56 Å². The molecule has 0 fully saturated rings. The van der Waals surface area contributed by atoms with Crippen molar-refractivity contribution in [1.82, 2.24) is 14.5 Å². The summed E-state index contributed by atoms with van der Waals surface area (Å²) in [5, 5.41) is 3.75. The molecule has 0 spiro atoms. The minimum atomic E-state index is -0.0866. The molecule has 27 heavy (non-hydrogen) atoms. The van der Waals surface area contributed by atoms with Gasteiger partial charge in [-0.15, -0.1) is 0 Å². The molecule has 0 aliphatic carbocycles. The molecular weight excluding hydrogens is 364 g/mol. The SMILES string of the molecule is Cc1cccc(Cl)c1Oc1nc(NC(C)C)cc(-c2ccc(=O)n(C)c2)n1. The lowest BCUT2D eigenvalue weighted by molar-refractivity contribution is 0.440. The van der Waals surface area contributed by atoms with Crippen LogP contribution in [0.3, 0.4) is 0 Å². The lowest BCUT2D eigenvalue weighted by Crippen LogP contribution is -2.14. The molecule has 0 aliphatic heterocycles. The Morgan fingerprint density at radius 3 is 2.63 bits per heavy atom. The summed E-state index contributed by atoms with van der Waals surface area (Å²) in [5.74, 6) is 1.15. The normalized spacial score (nSPS) is 10.9. The van der Waals surface area contributed by atoms with Crippen LogP contribution in [0.4, 0.5) is 5.82 Å².